The molecule has 13 heavy (non-hydrogen) atoms. The van der Waals surface area contributed by atoms with Gasteiger partial charge in [-0.1, -0.05) is 5.16 Å². The van der Waals surface area contributed by atoms with Gasteiger partial charge in [-0.2, -0.15) is 4.98 Å². The average molecular weight is 186 g/mol. The molecule has 0 spiro atoms. The fourth-order valence-corrected chi connectivity index (χ4v) is 0.963. The molecule has 0 saturated heterocycles. The molecule has 1 aromatic heterocycles. The highest BCUT2D eigenvalue weighted by molar-refractivity contribution is 4.86. The van der Waals surface area contributed by atoms with Crippen LogP contribution in [0.5, 0.6) is 0 Å². The number of aliphatic hydroxyl groups excluding tert-OH is 1. The Morgan fingerprint density at radius 2 is 2.31 bits per heavy atom. The second-order valence-electron chi connectivity index (χ2n) is 2.67. The van der Waals surface area contributed by atoms with Crippen molar-refractivity contribution in [3.8, 4) is 0 Å². The highest BCUT2D eigenvalue weighted by atomic mass is 16.5. The molecule has 0 amide bonds. The molecule has 1 aromatic rings. The van der Waals surface area contributed by atoms with E-state index in [0.29, 0.717) is 24.7 Å². The minimum absolute atomic E-state index is 0.0414. The SMILES string of the molecule is COCCCc1noc(CCO)n1. The van der Waals surface area contributed by atoms with Crippen LogP contribution < -0.4 is 0 Å². The lowest BCUT2D eigenvalue weighted by atomic mass is 10.3. The summed E-state index contributed by atoms with van der Waals surface area (Å²) >= 11 is 0. The van der Waals surface area contributed by atoms with Gasteiger partial charge in [-0.25, -0.2) is 0 Å². The summed E-state index contributed by atoms with van der Waals surface area (Å²) in [5, 5.41) is 12.3. The zero-order valence-electron chi connectivity index (χ0n) is 7.69. The van der Waals surface area contributed by atoms with Gasteiger partial charge in [0.05, 0.1) is 13.0 Å². The highest BCUT2D eigenvalue weighted by Crippen LogP contribution is 2.00. The summed E-state index contributed by atoms with van der Waals surface area (Å²) in [6.45, 7) is 0.740. The molecule has 0 atom stereocenters. The number of ether oxygens (including phenoxy) is 1. The number of rotatable bonds is 6. The number of methoxy groups -OCH3 is 1. The van der Waals surface area contributed by atoms with Gasteiger partial charge in [0.1, 0.15) is 0 Å². The molecule has 1 N–H and O–H groups in total. The molecule has 0 fully saturated rings. The van der Waals surface area contributed by atoms with Gasteiger partial charge in [-0.15, -0.1) is 0 Å². The summed E-state index contributed by atoms with van der Waals surface area (Å²) in [5.74, 6) is 1.18. The van der Waals surface area contributed by atoms with Crippen LogP contribution in [0.15, 0.2) is 4.52 Å². The van der Waals surface area contributed by atoms with E-state index in [0.717, 1.165) is 12.8 Å². The molecular formula is C8H14N2O3. The summed E-state index contributed by atoms with van der Waals surface area (Å²) in [4.78, 5) is 4.08. The van der Waals surface area contributed by atoms with Crippen molar-refractivity contribution in [2.24, 2.45) is 0 Å². The molecule has 0 aliphatic rings. The Morgan fingerprint density at radius 1 is 1.46 bits per heavy atom. The molecule has 0 aliphatic heterocycles. The van der Waals surface area contributed by atoms with Gasteiger partial charge >= 0.3 is 0 Å². The molecule has 5 nitrogen and oxygen atoms in total. The molecule has 1 heterocycles. The number of aryl methyl sites for hydroxylation is 1. The molecule has 0 unspecified atom stereocenters. The fourth-order valence-electron chi connectivity index (χ4n) is 0.963. The van der Waals surface area contributed by atoms with Crippen LogP contribution in [-0.4, -0.2) is 35.6 Å². The lowest BCUT2D eigenvalue weighted by Crippen LogP contribution is -1.95. The van der Waals surface area contributed by atoms with Crippen molar-refractivity contribution in [2.75, 3.05) is 20.3 Å². The molecule has 0 saturated carbocycles. The van der Waals surface area contributed by atoms with Gasteiger partial charge in [0, 0.05) is 20.1 Å². The van der Waals surface area contributed by atoms with Crippen LogP contribution in [0.25, 0.3) is 0 Å². The normalized spacial score (nSPS) is 10.6. The van der Waals surface area contributed by atoms with E-state index in [2.05, 4.69) is 10.1 Å². The Hall–Kier alpha value is -0.940. The maximum Gasteiger partial charge on any atom is 0.228 e. The topological polar surface area (TPSA) is 68.4 Å². The lowest BCUT2D eigenvalue weighted by molar-refractivity contribution is 0.194. The Morgan fingerprint density at radius 3 is 3.00 bits per heavy atom. The average Bonchev–Trinajstić information content (AvgIpc) is 2.54. The van der Waals surface area contributed by atoms with Crippen molar-refractivity contribution in [1.82, 2.24) is 10.1 Å². The zero-order valence-corrected chi connectivity index (χ0v) is 7.69. The second-order valence-corrected chi connectivity index (χ2v) is 2.67. The largest absolute Gasteiger partial charge is 0.396 e. The Bertz CT molecular complexity index is 237. The van der Waals surface area contributed by atoms with Gasteiger partial charge < -0.3 is 14.4 Å². The first-order chi connectivity index (χ1) is 6.36. The molecule has 5 heteroatoms. The molecule has 0 aromatic carbocycles. The van der Waals surface area contributed by atoms with Crippen LogP contribution in [0.3, 0.4) is 0 Å². The van der Waals surface area contributed by atoms with Crippen LogP contribution in [0.1, 0.15) is 18.1 Å². The first-order valence-corrected chi connectivity index (χ1v) is 4.28. The number of aliphatic hydroxyl groups is 1. The maximum atomic E-state index is 8.60. The third kappa shape index (κ3) is 3.52. The Kier molecular flexibility index (Phi) is 4.42. The van der Waals surface area contributed by atoms with Gasteiger partial charge in [0.25, 0.3) is 0 Å². The number of hydrogen-bond acceptors (Lipinski definition) is 5. The quantitative estimate of drug-likeness (QED) is 0.642. The van der Waals surface area contributed by atoms with E-state index in [4.69, 9.17) is 14.4 Å². The summed E-state index contributed by atoms with van der Waals surface area (Å²) in [7, 11) is 1.66. The smallest absolute Gasteiger partial charge is 0.228 e. The molecule has 0 radical (unpaired) electrons. The van der Waals surface area contributed by atoms with E-state index < -0.39 is 0 Å². The van der Waals surface area contributed by atoms with Crippen LogP contribution in [-0.2, 0) is 17.6 Å². The van der Waals surface area contributed by atoms with E-state index in [9.17, 15) is 0 Å². The standard InChI is InChI=1S/C8H14N2O3/c1-12-6-2-3-7-9-8(4-5-11)13-10-7/h11H,2-6H2,1H3. The van der Waals surface area contributed by atoms with Crippen molar-refractivity contribution in [1.29, 1.82) is 0 Å². The third-order valence-electron chi connectivity index (χ3n) is 1.58. The van der Waals surface area contributed by atoms with E-state index in [1.54, 1.807) is 7.11 Å². The number of aromatic nitrogens is 2. The van der Waals surface area contributed by atoms with Crippen molar-refractivity contribution < 1.29 is 14.4 Å². The Labute approximate surface area is 76.7 Å². The van der Waals surface area contributed by atoms with Gasteiger partial charge in [-0.3, -0.25) is 0 Å². The van der Waals surface area contributed by atoms with Crippen molar-refractivity contribution in [3.63, 3.8) is 0 Å². The van der Waals surface area contributed by atoms with Crippen LogP contribution in [0.4, 0.5) is 0 Å². The second kappa shape index (κ2) is 5.66. The molecule has 1 rings (SSSR count). The van der Waals surface area contributed by atoms with Crippen LogP contribution in [0, 0.1) is 0 Å². The summed E-state index contributed by atoms with van der Waals surface area (Å²) in [5.41, 5.74) is 0. The van der Waals surface area contributed by atoms with Crippen LogP contribution in [0.2, 0.25) is 0 Å². The third-order valence-corrected chi connectivity index (χ3v) is 1.58. The molecule has 0 aliphatic carbocycles. The van der Waals surface area contributed by atoms with Crippen LogP contribution >= 0.6 is 0 Å². The minimum Gasteiger partial charge on any atom is -0.396 e. The molecule has 74 valence electrons. The van der Waals surface area contributed by atoms with Gasteiger partial charge in [0.15, 0.2) is 5.82 Å². The van der Waals surface area contributed by atoms with E-state index in [-0.39, 0.29) is 6.61 Å². The predicted octanol–water partition coefficient (Wildman–Crippen LogP) is 0.183. The highest BCUT2D eigenvalue weighted by Gasteiger charge is 2.04. The summed E-state index contributed by atoms with van der Waals surface area (Å²) in [6.07, 6.45) is 2.06. The van der Waals surface area contributed by atoms with E-state index >= 15 is 0 Å². The minimum atomic E-state index is 0.0414. The molecule has 0 bridgehead atoms. The first-order valence-electron chi connectivity index (χ1n) is 4.28. The summed E-state index contributed by atoms with van der Waals surface area (Å²) in [6, 6.07) is 0. The lowest BCUT2D eigenvalue weighted by Gasteiger charge is -1.92. The van der Waals surface area contributed by atoms with E-state index in [1.165, 1.54) is 0 Å². The fraction of sp³-hybridized carbons (Fsp3) is 0.750. The van der Waals surface area contributed by atoms with Crippen molar-refractivity contribution in [3.05, 3.63) is 11.7 Å². The Balaban J connectivity index is 2.31. The van der Waals surface area contributed by atoms with Gasteiger partial charge in [-0.05, 0) is 6.42 Å². The molecular weight excluding hydrogens is 172 g/mol. The van der Waals surface area contributed by atoms with Crippen molar-refractivity contribution >= 4 is 0 Å². The van der Waals surface area contributed by atoms with E-state index in [1.807, 2.05) is 0 Å². The van der Waals surface area contributed by atoms with Gasteiger partial charge in [0.2, 0.25) is 5.89 Å². The number of nitrogens with zero attached hydrogens (tertiary/aromatic N) is 2. The summed E-state index contributed by atoms with van der Waals surface area (Å²) < 4.78 is 9.77. The number of hydrogen-bond donors (Lipinski definition) is 1. The van der Waals surface area contributed by atoms with Crippen molar-refractivity contribution in [2.45, 2.75) is 19.3 Å². The maximum absolute atomic E-state index is 8.60. The first kappa shape index (κ1) is 10.1. The predicted molar refractivity (Wildman–Crippen MR) is 45.3 cm³/mol. The monoisotopic (exact) mass is 186 g/mol. The zero-order chi connectivity index (χ0) is 9.52.